The van der Waals surface area contributed by atoms with Gasteiger partial charge in [0, 0.05) is 42.3 Å². The second kappa shape index (κ2) is 10.1. The van der Waals surface area contributed by atoms with Crippen molar-refractivity contribution < 1.29 is 9.13 Å². The van der Waals surface area contributed by atoms with E-state index in [9.17, 15) is 4.39 Å². The molecule has 5 aromatic heterocycles. The molecule has 0 unspecified atom stereocenters. The number of aromatic amines is 2. The van der Waals surface area contributed by atoms with E-state index in [-0.39, 0.29) is 5.82 Å². The molecular formula is C30H27FN8O. The third-order valence-corrected chi connectivity index (χ3v) is 7.39. The van der Waals surface area contributed by atoms with E-state index in [1.807, 2.05) is 30.6 Å². The summed E-state index contributed by atoms with van der Waals surface area (Å²) in [6.45, 7) is 3.16. The Morgan fingerprint density at radius 2 is 1.88 bits per heavy atom. The Bertz CT molecular complexity index is 1840. The molecule has 10 heteroatoms. The fourth-order valence-corrected chi connectivity index (χ4v) is 5.41. The first-order chi connectivity index (χ1) is 19.6. The third-order valence-electron chi connectivity index (χ3n) is 7.39. The van der Waals surface area contributed by atoms with Gasteiger partial charge >= 0.3 is 0 Å². The number of imidazole rings is 1. The maximum Gasteiger partial charge on any atom is 0.178 e. The molecule has 1 saturated heterocycles. The maximum atomic E-state index is 14.3. The highest BCUT2D eigenvalue weighted by Crippen LogP contribution is 2.33. The van der Waals surface area contributed by atoms with Crippen LogP contribution < -0.4 is 4.74 Å². The van der Waals surface area contributed by atoms with Crippen LogP contribution in [0.3, 0.4) is 0 Å². The number of fused-ring (bicyclic) bond motifs is 2. The van der Waals surface area contributed by atoms with E-state index in [1.165, 1.54) is 44.1 Å². The van der Waals surface area contributed by atoms with Crippen molar-refractivity contribution in [3.8, 4) is 39.7 Å². The molecule has 0 spiro atoms. The molecule has 0 saturated carbocycles. The number of likely N-dealkylation sites (tertiary alicyclic amines) is 1. The van der Waals surface area contributed by atoms with Crippen molar-refractivity contribution >= 4 is 22.2 Å². The number of ether oxygens (including phenoxy) is 1. The summed E-state index contributed by atoms with van der Waals surface area (Å²) in [4.78, 5) is 24.4. The van der Waals surface area contributed by atoms with Crippen LogP contribution in [-0.4, -0.2) is 60.2 Å². The average molecular weight is 535 g/mol. The van der Waals surface area contributed by atoms with Gasteiger partial charge in [0.15, 0.2) is 17.2 Å². The molecule has 2 N–H and O–H groups in total. The molecule has 6 aromatic rings. The van der Waals surface area contributed by atoms with E-state index >= 15 is 0 Å². The van der Waals surface area contributed by atoms with Gasteiger partial charge in [-0.2, -0.15) is 5.10 Å². The summed E-state index contributed by atoms with van der Waals surface area (Å²) < 4.78 is 19.5. The van der Waals surface area contributed by atoms with Crippen molar-refractivity contribution in [1.82, 2.24) is 40.0 Å². The number of hydrogen-bond donors (Lipinski definition) is 2. The SMILES string of the molecule is COc1cc(F)cc(-c2ccnc3nc(-c4n[nH]c5ccc(-c6cncc(CN7CCCCC7)c6)nc45)[nH]c23)c1. The van der Waals surface area contributed by atoms with Gasteiger partial charge in [-0.05, 0) is 73.5 Å². The van der Waals surface area contributed by atoms with Crippen LogP contribution in [0.15, 0.2) is 61.1 Å². The minimum atomic E-state index is -0.386. The number of pyridine rings is 3. The van der Waals surface area contributed by atoms with E-state index in [2.05, 4.69) is 36.1 Å². The predicted octanol–water partition coefficient (Wildman–Crippen LogP) is 5.76. The van der Waals surface area contributed by atoms with Gasteiger partial charge in [0.25, 0.3) is 0 Å². The van der Waals surface area contributed by atoms with E-state index < -0.39 is 0 Å². The maximum absolute atomic E-state index is 14.3. The van der Waals surface area contributed by atoms with Crippen molar-refractivity contribution in [3.63, 3.8) is 0 Å². The fraction of sp³-hybridized carbons (Fsp3) is 0.233. The molecule has 40 heavy (non-hydrogen) atoms. The lowest BCUT2D eigenvalue weighted by molar-refractivity contribution is 0.220. The molecule has 0 bridgehead atoms. The van der Waals surface area contributed by atoms with E-state index in [4.69, 9.17) is 14.7 Å². The minimum Gasteiger partial charge on any atom is -0.497 e. The number of H-pyrrole nitrogens is 2. The number of aromatic nitrogens is 7. The Morgan fingerprint density at radius 3 is 2.75 bits per heavy atom. The minimum absolute atomic E-state index is 0.386. The van der Waals surface area contributed by atoms with Crippen LogP contribution in [-0.2, 0) is 6.54 Å². The Kier molecular flexibility index (Phi) is 6.16. The molecule has 0 aliphatic carbocycles. The normalized spacial score (nSPS) is 14.2. The standard InChI is InChI=1S/C30H27FN8O/c1-40-22-13-19(12-21(31)14-22)23-7-8-33-29-26(23)35-30(36-29)28-27-25(37-38-28)6-5-24(34-27)20-11-18(15-32-16-20)17-39-9-3-2-4-10-39/h5-8,11-16H,2-4,9-10,17H2,1H3,(H,37,38)(H,33,35,36). The van der Waals surface area contributed by atoms with Crippen molar-refractivity contribution in [2.24, 2.45) is 0 Å². The molecule has 200 valence electrons. The Morgan fingerprint density at radius 1 is 0.975 bits per heavy atom. The molecule has 1 aliphatic rings. The molecular weight excluding hydrogens is 507 g/mol. The second-order valence-electron chi connectivity index (χ2n) is 10.1. The number of methoxy groups -OCH3 is 1. The number of piperidine rings is 1. The lowest BCUT2D eigenvalue weighted by Crippen LogP contribution is -2.29. The Labute approximate surface area is 229 Å². The van der Waals surface area contributed by atoms with E-state index in [1.54, 1.807) is 12.3 Å². The first-order valence-corrected chi connectivity index (χ1v) is 13.4. The molecule has 9 nitrogen and oxygen atoms in total. The number of halogens is 1. The summed E-state index contributed by atoms with van der Waals surface area (Å²) in [6.07, 6.45) is 9.26. The zero-order chi connectivity index (χ0) is 27.1. The number of nitrogens with one attached hydrogen (secondary N) is 2. The molecule has 0 radical (unpaired) electrons. The summed E-state index contributed by atoms with van der Waals surface area (Å²) in [5, 5.41) is 7.59. The first-order valence-electron chi connectivity index (χ1n) is 13.4. The van der Waals surface area contributed by atoms with Crippen LogP contribution >= 0.6 is 0 Å². The van der Waals surface area contributed by atoms with Crippen LogP contribution in [0.25, 0.3) is 56.1 Å². The predicted molar refractivity (Wildman–Crippen MR) is 151 cm³/mol. The number of rotatable bonds is 6. The molecule has 0 amide bonds. The van der Waals surface area contributed by atoms with Gasteiger partial charge in [-0.1, -0.05) is 6.42 Å². The van der Waals surface area contributed by atoms with Gasteiger partial charge < -0.3 is 9.72 Å². The van der Waals surface area contributed by atoms with Gasteiger partial charge in [-0.25, -0.2) is 19.3 Å². The highest BCUT2D eigenvalue weighted by Gasteiger charge is 2.18. The summed E-state index contributed by atoms with van der Waals surface area (Å²) in [6, 6.07) is 12.5. The van der Waals surface area contributed by atoms with Crippen LogP contribution in [0.2, 0.25) is 0 Å². The van der Waals surface area contributed by atoms with Gasteiger partial charge in [0.2, 0.25) is 0 Å². The fourth-order valence-electron chi connectivity index (χ4n) is 5.41. The van der Waals surface area contributed by atoms with E-state index in [0.717, 1.165) is 42.0 Å². The molecule has 1 aliphatic heterocycles. The number of hydrogen-bond acceptors (Lipinski definition) is 7. The highest BCUT2D eigenvalue weighted by molar-refractivity contribution is 5.95. The van der Waals surface area contributed by atoms with Crippen molar-refractivity contribution in [3.05, 3.63) is 72.4 Å². The van der Waals surface area contributed by atoms with Crippen molar-refractivity contribution in [2.75, 3.05) is 20.2 Å². The molecule has 1 aromatic carbocycles. The smallest absolute Gasteiger partial charge is 0.178 e. The average Bonchev–Trinajstić information content (AvgIpc) is 3.61. The lowest BCUT2D eigenvalue weighted by atomic mass is 10.1. The van der Waals surface area contributed by atoms with Gasteiger partial charge in [0.05, 0.1) is 23.8 Å². The molecule has 0 atom stereocenters. The van der Waals surface area contributed by atoms with Gasteiger partial charge in [0.1, 0.15) is 17.1 Å². The summed E-state index contributed by atoms with van der Waals surface area (Å²) in [5.74, 6) is 0.568. The number of nitrogens with zero attached hydrogens (tertiary/aromatic N) is 6. The zero-order valence-electron chi connectivity index (χ0n) is 22.0. The largest absolute Gasteiger partial charge is 0.497 e. The topological polar surface area (TPSA) is 108 Å². The first kappa shape index (κ1) is 24.3. The van der Waals surface area contributed by atoms with Crippen LogP contribution in [0, 0.1) is 5.82 Å². The molecule has 7 rings (SSSR count). The number of benzene rings is 1. The van der Waals surface area contributed by atoms with Crippen molar-refractivity contribution in [2.45, 2.75) is 25.8 Å². The lowest BCUT2D eigenvalue weighted by Gasteiger charge is -2.26. The van der Waals surface area contributed by atoms with E-state index in [0.29, 0.717) is 39.5 Å². The van der Waals surface area contributed by atoms with Crippen LogP contribution in [0.5, 0.6) is 5.75 Å². The monoisotopic (exact) mass is 534 g/mol. The summed E-state index contributed by atoms with van der Waals surface area (Å²) in [5.41, 5.74) is 7.59. The third kappa shape index (κ3) is 4.56. The molecule has 1 fully saturated rings. The summed E-state index contributed by atoms with van der Waals surface area (Å²) >= 11 is 0. The van der Waals surface area contributed by atoms with Crippen LogP contribution in [0.4, 0.5) is 4.39 Å². The summed E-state index contributed by atoms with van der Waals surface area (Å²) in [7, 11) is 1.51. The quantitative estimate of drug-likeness (QED) is 0.280. The Hall–Kier alpha value is -4.70. The highest BCUT2D eigenvalue weighted by atomic mass is 19.1. The molecule has 6 heterocycles. The second-order valence-corrected chi connectivity index (χ2v) is 10.1. The van der Waals surface area contributed by atoms with Gasteiger partial charge in [-0.15, -0.1) is 0 Å². The Balaban J connectivity index is 1.26. The van der Waals surface area contributed by atoms with Crippen LogP contribution in [0.1, 0.15) is 24.8 Å². The zero-order valence-corrected chi connectivity index (χ0v) is 22.0. The van der Waals surface area contributed by atoms with Gasteiger partial charge in [-0.3, -0.25) is 15.0 Å². The van der Waals surface area contributed by atoms with Crippen molar-refractivity contribution in [1.29, 1.82) is 0 Å².